The molecule has 5 rings (SSSR count). The van der Waals surface area contributed by atoms with E-state index in [-0.39, 0.29) is 6.17 Å². The molecule has 0 saturated carbocycles. The van der Waals surface area contributed by atoms with Crippen LogP contribution in [0.3, 0.4) is 0 Å². The summed E-state index contributed by atoms with van der Waals surface area (Å²) in [6, 6.07) is 17.2. The maximum absolute atomic E-state index is 5.06. The van der Waals surface area contributed by atoms with Crippen LogP contribution in [0.15, 0.2) is 60.9 Å². The molecule has 3 aromatic rings. The van der Waals surface area contributed by atoms with Gasteiger partial charge in [0.25, 0.3) is 0 Å². The lowest BCUT2D eigenvalue weighted by Gasteiger charge is -2.32. The van der Waals surface area contributed by atoms with Gasteiger partial charge in [0, 0.05) is 43.3 Å². The van der Waals surface area contributed by atoms with Crippen molar-refractivity contribution >= 4 is 33.8 Å². The topological polar surface area (TPSA) is 25.9 Å². The number of hydrogen-bond acceptors (Lipinski definition) is 5. The molecule has 5 nitrogen and oxygen atoms in total. The van der Waals surface area contributed by atoms with Gasteiger partial charge in [-0.15, -0.1) is 0 Å². The van der Waals surface area contributed by atoms with E-state index in [1.54, 1.807) is 0 Å². The largest absolute Gasteiger partial charge is 0.359 e. The summed E-state index contributed by atoms with van der Waals surface area (Å²) in [5, 5.41) is 1.18. The van der Waals surface area contributed by atoms with Crippen molar-refractivity contribution in [2.24, 2.45) is 0 Å². The van der Waals surface area contributed by atoms with Gasteiger partial charge >= 0.3 is 0 Å². The molecule has 0 saturated heterocycles. The van der Waals surface area contributed by atoms with E-state index in [9.17, 15) is 0 Å². The van der Waals surface area contributed by atoms with Gasteiger partial charge in [-0.1, -0.05) is 24.3 Å². The number of rotatable bonds is 2. The van der Waals surface area contributed by atoms with Crippen molar-refractivity contribution in [1.29, 1.82) is 0 Å². The quantitative estimate of drug-likeness (QED) is 0.615. The molecule has 2 aliphatic rings. The third-order valence-corrected chi connectivity index (χ3v) is 6.50. The predicted octanol–water partition coefficient (Wildman–Crippen LogP) is 5.05. The number of hydrogen-bond donors (Lipinski definition) is 0. The minimum Gasteiger partial charge on any atom is -0.359 e. The molecule has 0 fully saturated rings. The Morgan fingerprint density at radius 1 is 0.828 bits per heavy atom. The second-order valence-electron chi connectivity index (χ2n) is 8.06. The summed E-state index contributed by atoms with van der Waals surface area (Å²) >= 11 is 0. The Kier molecular flexibility index (Phi) is 3.95. The van der Waals surface area contributed by atoms with E-state index in [1.165, 1.54) is 28.0 Å². The van der Waals surface area contributed by atoms with Gasteiger partial charge in [-0.05, 0) is 50.6 Å². The first kappa shape index (κ1) is 17.9. The molecule has 3 heterocycles. The number of anilines is 4. The van der Waals surface area contributed by atoms with E-state index < -0.39 is 0 Å². The predicted molar refractivity (Wildman–Crippen MR) is 122 cm³/mol. The Balaban J connectivity index is 1.65. The second-order valence-corrected chi connectivity index (χ2v) is 8.06. The lowest BCUT2D eigenvalue weighted by Crippen LogP contribution is -2.37. The van der Waals surface area contributed by atoms with Crippen LogP contribution in [0.5, 0.6) is 0 Å². The van der Waals surface area contributed by atoms with Crippen LogP contribution in [0.2, 0.25) is 0 Å². The summed E-state index contributed by atoms with van der Waals surface area (Å²) in [4.78, 5) is 14.3. The molecule has 148 valence electrons. The van der Waals surface area contributed by atoms with Crippen LogP contribution in [-0.2, 0) is 0 Å². The van der Waals surface area contributed by atoms with E-state index in [0.29, 0.717) is 6.17 Å². The highest BCUT2D eigenvalue weighted by Crippen LogP contribution is 2.45. The van der Waals surface area contributed by atoms with Crippen LogP contribution in [-0.4, -0.2) is 36.3 Å². The molecule has 2 aliphatic heterocycles. The fraction of sp³-hybridized carbons (Fsp3) is 0.292. The monoisotopic (exact) mass is 385 g/mol. The molecule has 0 unspecified atom stereocenters. The summed E-state index contributed by atoms with van der Waals surface area (Å²) in [6.07, 6.45) is 4.79. The number of para-hydroxylation sites is 1. The van der Waals surface area contributed by atoms with Crippen molar-refractivity contribution < 1.29 is 0 Å². The van der Waals surface area contributed by atoms with Crippen molar-refractivity contribution in [3.05, 3.63) is 66.5 Å². The summed E-state index contributed by atoms with van der Waals surface area (Å²) in [5.41, 5.74) is 5.92. The van der Waals surface area contributed by atoms with Crippen LogP contribution in [0.25, 0.3) is 10.9 Å². The Labute approximate surface area is 172 Å². The Morgan fingerprint density at radius 2 is 1.59 bits per heavy atom. The fourth-order valence-corrected chi connectivity index (χ4v) is 4.45. The van der Waals surface area contributed by atoms with Crippen molar-refractivity contribution in [3.63, 3.8) is 0 Å². The molecule has 0 amide bonds. The standard InChI is InChI=1S/C24H27N5/c1-16-21(28-14-13-26(4)17(28)2)11-8-12-22(16)29-18(3)27(5)23-15-19-9-6-7-10-20(19)25-24(23)29/h6-15,17-18H,1-5H3/t17-,18+/m1/s1. The van der Waals surface area contributed by atoms with Gasteiger partial charge in [0.15, 0.2) is 5.82 Å². The first-order chi connectivity index (χ1) is 14.0. The van der Waals surface area contributed by atoms with Gasteiger partial charge in [0.1, 0.15) is 12.3 Å². The minimum absolute atomic E-state index is 0.192. The summed E-state index contributed by atoms with van der Waals surface area (Å²) in [7, 11) is 4.27. The molecule has 5 heteroatoms. The molecular formula is C24H27N5. The smallest absolute Gasteiger partial charge is 0.159 e. The van der Waals surface area contributed by atoms with Crippen LogP contribution in [0.4, 0.5) is 22.9 Å². The maximum Gasteiger partial charge on any atom is 0.159 e. The normalized spacial score (nSPS) is 20.9. The maximum atomic E-state index is 5.06. The van der Waals surface area contributed by atoms with Gasteiger partial charge in [-0.2, -0.15) is 0 Å². The van der Waals surface area contributed by atoms with Crippen molar-refractivity contribution in [2.45, 2.75) is 33.1 Å². The van der Waals surface area contributed by atoms with E-state index in [0.717, 1.165) is 11.3 Å². The zero-order valence-electron chi connectivity index (χ0n) is 17.7. The highest BCUT2D eigenvalue weighted by atomic mass is 15.4. The Bertz CT molecular complexity index is 1120. The first-order valence-corrected chi connectivity index (χ1v) is 10.2. The molecule has 0 spiro atoms. The number of nitrogens with zero attached hydrogens (tertiary/aromatic N) is 5. The SMILES string of the molecule is Cc1c(N2C=CN(C)[C@H]2C)cccc1N1c2nc3ccccc3cc2N(C)[C@@H]1C. The molecule has 1 aromatic heterocycles. The highest BCUT2D eigenvalue weighted by Gasteiger charge is 2.35. The summed E-state index contributed by atoms with van der Waals surface area (Å²) in [6.45, 7) is 6.68. The second kappa shape index (κ2) is 6.41. The molecule has 2 atom stereocenters. The molecule has 29 heavy (non-hydrogen) atoms. The van der Waals surface area contributed by atoms with Gasteiger partial charge in [0.2, 0.25) is 0 Å². The molecule has 0 radical (unpaired) electrons. The number of fused-ring (bicyclic) bond motifs is 2. The zero-order valence-corrected chi connectivity index (χ0v) is 17.7. The molecular weight excluding hydrogens is 358 g/mol. The lowest BCUT2D eigenvalue weighted by molar-refractivity contribution is 0.383. The zero-order chi connectivity index (χ0) is 20.3. The highest BCUT2D eigenvalue weighted by molar-refractivity contribution is 5.92. The van der Waals surface area contributed by atoms with Gasteiger partial charge in [-0.25, -0.2) is 4.98 Å². The third-order valence-electron chi connectivity index (χ3n) is 6.50. The van der Waals surface area contributed by atoms with E-state index in [1.807, 2.05) is 0 Å². The van der Waals surface area contributed by atoms with E-state index in [2.05, 4.69) is 115 Å². The Morgan fingerprint density at radius 3 is 2.34 bits per heavy atom. The van der Waals surface area contributed by atoms with Gasteiger partial charge in [-0.3, -0.25) is 0 Å². The minimum atomic E-state index is 0.192. The molecule has 2 aromatic carbocycles. The van der Waals surface area contributed by atoms with Crippen LogP contribution >= 0.6 is 0 Å². The summed E-state index contributed by atoms with van der Waals surface area (Å²) in [5.74, 6) is 1.03. The van der Waals surface area contributed by atoms with Crippen molar-refractivity contribution in [1.82, 2.24) is 9.88 Å². The first-order valence-electron chi connectivity index (χ1n) is 10.2. The Hall–Kier alpha value is -3.21. The van der Waals surface area contributed by atoms with Crippen molar-refractivity contribution in [2.75, 3.05) is 28.8 Å². The average molecular weight is 386 g/mol. The fourth-order valence-electron chi connectivity index (χ4n) is 4.45. The van der Waals surface area contributed by atoms with Crippen LogP contribution < -0.4 is 14.7 Å². The van der Waals surface area contributed by atoms with E-state index in [4.69, 9.17) is 4.98 Å². The number of aromatic nitrogens is 1. The number of benzene rings is 2. The van der Waals surface area contributed by atoms with Crippen molar-refractivity contribution in [3.8, 4) is 0 Å². The molecule has 0 aliphatic carbocycles. The third kappa shape index (κ3) is 2.57. The summed E-state index contributed by atoms with van der Waals surface area (Å²) < 4.78 is 0. The molecule has 0 bridgehead atoms. The van der Waals surface area contributed by atoms with Crippen LogP contribution in [0, 0.1) is 6.92 Å². The van der Waals surface area contributed by atoms with Gasteiger partial charge in [0.05, 0.1) is 11.2 Å². The van der Waals surface area contributed by atoms with Crippen LogP contribution in [0.1, 0.15) is 19.4 Å². The lowest BCUT2D eigenvalue weighted by atomic mass is 10.1. The average Bonchev–Trinajstić information content (AvgIpc) is 3.18. The van der Waals surface area contributed by atoms with E-state index >= 15 is 0 Å². The molecule has 0 N–H and O–H groups in total. The van der Waals surface area contributed by atoms with Gasteiger partial charge < -0.3 is 19.6 Å². The number of pyridine rings is 1.